The van der Waals surface area contributed by atoms with Gasteiger partial charge < -0.3 is 10.4 Å². The van der Waals surface area contributed by atoms with Crippen molar-refractivity contribution < 1.29 is 9.90 Å². The van der Waals surface area contributed by atoms with Crippen molar-refractivity contribution in [1.29, 1.82) is 0 Å². The number of aliphatic carboxylic acids is 1. The molecule has 0 unspecified atom stereocenters. The van der Waals surface area contributed by atoms with Crippen LogP contribution in [0.3, 0.4) is 0 Å². The molecule has 4 rings (SSSR count). The number of thioether (sulfide) groups is 1. The third kappa shape index (κ3) is 2.52. The van der Waals surface area contributed by atoms with Crippen LogP contribution in [-0.2, 0) is 10.2 Å². The molecule has 5 nitrogen and oxygen atoms in total. The first-order valence-electron chi connectivity index (χ1n) is 7.57. The van der Waals surface area contributed by atoms with E-state index >= 15 is 0 Å². The highest BCUT2D eigenvalue weighted by atomic mass is 32.2. The van der Waals surface area contributed by atoms with Crippen LogP contribution in [0.25, 0.3) is 10.2 Å². The molecule has 0 aliphatic carbocycles. The van der Waals surface area contributed by atoms with Gasteiger partial charge in [-0.3, -0.25) is 4.99 Å². The molecule has 1 atom stereocenters. The molecular weight excluding hydrogens is 330 g/mol. The zero-order valence-corrected chi connectivity index (χ0v) is 14.6. The standard InChI is InChI=1S/C16H17N3O2S2/c1-16(2)3-4-17-9-6-12-10(5-8(9)16)18-14(23-12)13-19-11(7-22-13)15(20)21/h5-6,11,17H,3-4,7H2,1-2H3,(H,20,21)/t11-/m1/s1. The Bertz CT molecular complexity index is 841. The molecule has 2 aliphatic rings. The molecular formula is C16H17N3O2S2. The van der Waals surface area contributed by atoms with E-state index in [1.165, 1.54) is 23.0 Å². The lowest BCUT2D eigenvalue weighted by molar-refractivity contribution is -0.137. The predicted octanol–water partition coefficient (Wildman–Crippen LogP) is 3.34. The molecule has 0 spiro atoms. The van der Waals surface area contributed by atoms with Crippen LogP contribution in [-0.4, -0.2) is 39.4 Å². The Morgan fingerprint density at radius 2 is 2.26 bits per heavy atom. The maximum absolute atomic E-state index is 11.1. The summed E-state index contributed by atoms with van der Waals surface area (Å²) in [4.78, 5) is 20.1. The molecule has 3 heterocycles. The molecule has 120 valence electrons. The summed E-state index contributed by atoms with van der Waals surface area (Å²) in [6.07, 6.45) is 1.10. The lowest BCUT2D eigenvalue weighted by Gasteiger charge is -2.33. The number of carboxylic acids is 1. The molecule has 0 saturated carbocycles. The van der Waals surface area contributed by atoms with E-state index in [9.17, 15) is 4.79 Å². The van der Waals surface area contributed by atoms with Crippen molar-refractivity contribution >= 4 is 50.0 Å². The van der Waals surface area contributed by atoms with Gasteiger partial charge in [-0.2, -0.15) is 0 Å². The maximum atomic E-state index is 11.1. The first-order chi connectivity index (χ1) is 10.9. The highest BCUT2D eigenvalue weighted by molar-refractivity contribution is 8.15. The number of anilines is 1. The first-order valence-corrected chi connectivity index (χ1v) is 9.37. The Morgan fingerprint density at radius 1 is 1.43 bits per heavy atom. The second kappa shape index (κ2) is 5.21. The lowest BCUT2D eigenvalue weighted by Crippen LogP contribution is -2.28. The number of thiazole rings is 1. The van der Waals surface area contributed by atoms with Crippen LogP contribution in [0.5, 0.6) is 0 Å². The molecule has 0 amide bonds. The molecule has 0 radical (unpaired) electrons. The number of nitrogens with one attached hydrogen (secondary N) is 1. The molecule has 0 fully saturated rings. The molecule has 7 heteroatoms. The molecule has 2 N–H and O–H groups in total. The van der Waals surface area contributed by atoms with Gasteiger partial charge in [0.05, 0.1) is 10.2 Å². The van der Waals surface area contributed by atoms with Gasteiger partial charge in [0.25, 0.3) is 0 Å². The summed E-state index contributed by atoms with van der Waals surface area (Å²) >= 11 is 3.07. The summed E-state index contributed by atoms with van der Waals surface area (Å²) in [6.45, 7) is 5.51. The number of nitrogens with zero attached hydrogens (tertiary/aromatic N) is 2. The third-order valence-electron chi connectivity index (χ3n) is 4.44. The second-order valence-corrected chi connectivity index (χ2v) is 8.58. The van der Waals surface area contributed by atoms with Gasteiger partial charge in [0.2, 0.25) is 0 Å². The van der Waals surface area contributed by atoms with Crippen molar-refractivity contribution in [2.24, 2.45) is 4.99 Å². The van der Waals surface area contributed by atoms with Crippen LogP contribution in [0, 0.1) is 0 Å². The minimum absolute atomic E-state index is 0.145. The van der Waals surface area contributed by atoms with Crippen molar-refractivity contribution in [2.45, 2.75) is 31.7 Å². The average molecular weight is 347 g/mol. The number of aliphatic imine (C=N–C) groups is 1. The maximum Gasteiger partial charge on any atom is 0.329 e. The van der Waals surface area contributed by atoms with Crippen molar-refractivity contribution in [3.8, 4) is 0 Å². The van der Waals surface area contributed by atoms with E-state index in [2.05, 4.69) is 36.3 Å². The zero-order chi connectivity index (χ0) is 16.2. The van der Waals surface area contributed by atoms with Gasteiger partial charge in [0.1, 0.15) is 10.1 Å². The minimum Gasteiger partial charge on any atom is -0.480 e. The number of benzene rings is 1. The Labute approximate surface area is 142 Å². The number of carboxylic acid groups (broad SMARTS) is 1. The third-order valence-corrected chi connectivity index (χ3v) is 6.65. The number of aromatic nitrogens is 1. The van der Waals surface area contributed by atoms with Gasteiger partial charge in [-0.05, 0) is 29.5 Å². The van der Waals surface area contributed by atoms with Gasteiger partial charge >= 0.3 is 5.97 Å². The molecule has 2 aliphatic heterocycles. The quantitative estimate of drug-likeness (QED) is 0.871. The monoisotopic (exact) mass is 347 g/mol. The van der Waals surface area contributed by atoms with Crippen LogP contribution in [0.2, 0.25) is 0 Å². The summed E-state index contributed by atoms with van der Waals surface area (Å²) in [7, 11) is 0. The molecule has 0 saturated heterocycles. The summed E-state index contributed by atoms with van der Waals surface area (Å²) in [5.74, 6) is -0.374. The van der Waals surface area contributed by atoms with Crippen LogP contribution in [0.15, 0.2) is 17.1 Å². The smallest absolute Gasteiger partial charge is 0.329 e. The summed E-state index contributed by atoms with van der Waals surface area (Å²) in [5.41, 5.74) is 3.61. The highest BCUT2D eigenvalue weighted by Gasteiger charge is 2.30. The highest BCUT2D eigenvalue weighted by Crippen LogP contribution is 2.40. The predicted molar refractivity (Wildman–Crippen MR) is 96.2 cm³/mol. The van der Waals surface area contributed by atoms with E-state index in [0.29, 0.717) is 5.75 Å². The number of hydrogen-bond donors (Lipinski definition) is 2. The van der Waals surface area contributed by atoms with E-state index in [-0.39, 0.29) is 5.41 Å². The normalized spacial score (nSPS) is 22.5. The van der Waals surface area contributed by atoms with Gasteiger partial charge in [-0.15, -0.1) is 23.1 Å². The van der Waals surface area contributed by atoms with Crippen molar-refractivity contribution in [1.82, 2.24) is 4.98 Å². The topological polar surface area (TPSA) is 74.6 Å². The fourth-order valence-electron chi connectivity index (χ4n) is 3.03. The fourth-order valence-corrected chi connectivity index (χ4v) is 5.12. The van der Waals surface area contributed by atoms with Crippen LogP contribution >= 0.6 is 23.1 Å². The first kappa shape index (κ1) is 15.0. The number of fused-ring (bicyclic) bond motifs is 2. The van der Waals surface area contributed by atoms with Crippen molar-refractivity contribution in [3.63, 3.8) is 0 Å². The Balaban J connectivity index is 1.78. The number of carbonyl (C=O) groups is 1. The van der Waals surface area contributed by atoms with Crippen molar-refractivity contribution in [2.75, 3.05) is 17.6 Å². The summed E-state index contributed by atoms with van der Waals surface area (Å²) in [5, 5.41) is 14.1. The SMILES string of the molecule is CC1(C)CCNc2cc3sc(C4=N[C@@H](C(=O)O)CS4)nc3cc21. The van der Waals surface area contributed by atoms with Gasteiger partial charge in [-0.1, -0.05) is 13.8 Å². The van der Waals surface area contributed by atoms with E-state index in [1.807, 2.05) is 0 Å². The Morgan fingerprint density at radius 3 is 3.00 bits per heavy atom. The van der Waals surface area contributed by atoms with Crippen LogP contribution < -0.4 is 5.32 Å². The Hall–Kier alpha value is -1.60. The van der Waals surface area contributed by atoms with Gasteiger partial charge in [-0.25, -0.2) is 9.78 Å². The fraction of sp³-hybridized carbons (Fsp3) is 0.438. The van der Waals surface area contributed by atoms with Crippen molar-refractivity contribution in [3.05, 3.63) is 22.7 Å². The van der Waals surface area contributed by atoms with Crippen LogP contribution in [0.4, 0.5) is 5.69 Å². The van der Waals surface area contributed by atoms with E-state index < -0.39 is 12.0 Å². The zero-order valence-electron chi connectivity index (χ0n) is 12.9. The number of hydrogen-bond acceptors (Lipinski definition) is 6. The molecule has 1 aromatic heterocycles. The molecule has 1 aromatic carbocycles. The number of rotatable bonds is 2. The van der Waals surface area contributed by atoms with E-state index in [0.717, 1.165) is 33.2 Å². The second-order valence-electron chi connectivity index (χ2n) is 6.54. The van der Waals surface area contributed by atoms with Gasteiger partial charge in [0.15, 0.2) is 6.04 Å². The largest absolute Gasteiger partial charge is 0.480 e. The van der Waals surface area contributed by atoms with E-state index in [1.54, 1.807) is 11.3 Å². The molecule has 2 aromatic rings. The van der Waals surface area contributed by atoms with Crippen LogP contribution in [0.1, 0.15) is 30.8 Å². The summed E-state index contributed by atoms with van der Waals surface area (Å²) < 4.78 is 1.12. The van der Waals surface area contributed by atoms with E-state index in [4.69, 9.17) is 10.1 Å². The van der Waals surface area contributed by atoms with Gasteiger partial charge in [0, 0.05) is 18.0 Å². The lowest BCUT2D eigenvalue weighted by atomic mass is 9.78. The Kier molecular flexibility index (Phi) is 3.39. The molecule has 23 heavy (non-hydrogen) atoms. The molecule has 0 bridgehead atoms. The minimum atomic E-state index is -0.866. The summed E-state index contributed by atoms with van der Waals surface area (Å²) in [6, 6.07) is 3.70. The average Bonchev–Trinajstić information content (AvgIpc) is 3.11.